The summed E-state index contributed by atoms with van der Waals surface area (Å²) in [6.45, 7) is 0. The van der Waals surface area contributed by atoms with Gasteiger partial charge in [-0.3, -0.25) is 15.0 Å². The highest BCUT2D eigenvalue weighted by molar-refractivity contribution is 7.80. The van der Waals surface area contributed by atoms with E-state index in [2.05, 4.69) is 22.7 Å². The van der Waals surface area contributed by atoms with Gasteiger partial charge in [-0.15, -0.1) is 0 Å². The Balaban J connectivity index is 2.84. The smallest absolute Gasteiger partial charge is 0.254 e. The topological polar surface area (TPSA) is 84.5 Å². The first-order chi connectivity index (χ1) is 7.61. The molecule has 5 nitrogen and oxygen atoms in total. The van der Waals surface area contributed by atoms with Gasteiger partial charge in [0.1, 0.15) is 5.36 Å². The van der Waals surface area contributed by atoms with E-state index in [1.54, 1.807) is 24.3 Å². The largest absolute Gasteiger partial charge is 0.375 e. The molecule has 0 spiro atoms. The van der Waals surface area contributed by atoms with Crippen LogP contribution in [0.15, 0.2) is 39.0 Å². The third kappa shape index (κ3) is 1.59. The fraction of sp³-hybridized carbons (Fsp3) is 0. The molecule has 3 N–H and O–H groups in total. The second-order valence-corrected chi connectivity index (χ2v) is 3.58. The molecule has 0 saturated heterocycles. The molecule has 2 aromatic carbocycles. The van der Waals surface area contributed by atoms with E-state index in [0.29, 0.717) is 10.8 Å². The third-order valence-electron chi connectivity index (χ3n) is 2.13. The Morgan fingerprint density at radius 3 is 2.44 bits per heavy atom. The number of rotatable bonds is 1. The van der Waals surface area contributed by atoms with E-state index in [-0.39, 0.29) is 10.5 Å². The molecule has 0 atom stereocenters. The summed E-state index contributed by atoms with van der Waals surface area (Å²) in [5.74, 6) is 0. The molecule has 0 saturated carbocycles. The van der Waals surface area contributed by atoms with Crippen LogP contribution in [-0.2, 0) is 0 Å². The minimum absolute atomic E-state index is 0.0494. The first kappa shape index (κ1) is 10.4. The highest BCUT2D eigenvalue weighted by Crippen LogP contribution is 2.01. The Bertz CT molecular complexity index is 714. The van der Waals surface area contributed by atoms with Crippen LogP contribution in [0.2, 0.25) is 0 Å². The van der Waals surface area contributed by atoms with Gasteiger partial charge in [0, 0.05) is 10.8 Å². The molecule has 0 heterocycles. The Hall–Kier alpha value is -2.08. The normalized spacial score (nSPS) is 11.9. The van der Waals surface area contributed by atoms with E-state index in [9.17, 15) is 9.59 Å². The van der Waals surface area contributed by atoms with Crippen LogP contribution in [0.5, 0.6) is 0 Å². The van der Waals surface area contributed by atoms with Gasteiger partial charge in [0.15, 0.2) is 5.11 Å². The van der Waals surface area contributed by atoms with Crippen molar-refractivity contribution in [3.8, 4) is 0 Å². The molecule has 0 aliphatic carbocycles. The summed E-state index contributed by atoms with van der Waals surface area (Å²) in [5, 5.41) is 4.58. The predicted octanol–water partition coefficient (Wildman–Crippen LogP) is -0.915. The monoisotopic (exact) mass is 233 g/mol. The third-order valence-corrected chi connectivity index (χ3v) is 2.22. The summed E-state index contributed by atoms with van der Waals surface area (Å²) < 4.78 is 0. The Morgan fingerprint density at radius 2 is 1.81 bits per heavy atom. The zero-order valence-corrected chi connectivity index (χ0v) is 8.88. The van der Waals surface area contributed by atoms with E-state index in [4.69, 9.17) is 5.73 Å². The quantitative estimate of drug-likeness (QED) is 0.378. The number of fused-ring (bicyclic) bond motifs is 1. The summed E-state index contributed by atoms with van der Waals surface area (Å²) in [4.78, 5) is 23.1. The Labute approximate surface area is 94.9 Å². The summed E-state index contributed by atoms with van der Waals surface area (Å²) in [6.07, 6.45) is 0. The molecule has 2 aromatic rings. The molecule has 0 bridgehead atoms. The average Bonchev–Trinajstić information content (AvgIpc) is 2.50. The zero-order chi connectivity index (χ0) is 11.7. The number of nitrogens with two attached hydrogens (primary N) is 1. The van der Waals surface area contributed by atoms with Crippen molar-refractivity contribution < 1.29 is 0 Å². The first-order valence-corrected chi connectivity index (χ1v) is 4.83. The maximum atomic E-state index is 11.6. The van der Waals surface area contributed by atoms with Crippen LogP contribution in [0.3, 0.4) is 0 Å². The van der Waals surface area contributed by atoms with E-state index >= 15 is 0 Å². The van der Waals surface area contributed by atoms with Crippen molar-refractivity contribution >= 4 is 28.1 Å². The van der Waals surface area contributed by atoms with Crippen LogP contribution in [0, 0.1) is 0 Å². The molecule has 0 aromatic heterocycles. The van der Waals surface area contributed by atoms with Gasteiger partial charge in [-0.25, -0.2) is 0 Å². The minimum atomic E-state index is -0.648. The van der Waals surface area contributed by atoms with Crippen molar-refractivity contribution in [1.82, 2.24) is 5.43 Å². The molecular formula is C10H7N3O2S. The molecule has 0 amide bonds. The van der Waals surface area contributed by atoms with Crippen LogP contribution >= 0.6 is 12.2 Å². The SMILES string of the molecule is NC(=S)NN=c1c(=O)c(=O)c2ccccc12. The van der Waals surface area contributed by atoms with Crippen molar-refractivity contribution in [3.63, 3.8) is 0 Å². The second kappa shape index (κ2) is 3.82. The number of hydrogen-bond acceptors (Lipinski definition) is 4. The van der Waals surface area contributed by atoms with Gasteiger partial charge in [-0.1, -0.05) is 24.3 Å². The van der Waals surface area contributed by atoms with Gasteiger partial charge in [-0.05, 0) is 12.2 Å². The van der Waals surface area contributed by atoms with Crippen LogP contribution in [0.1, 0.15) is 0 Å². The average molecular weight is 233 g/mol. The summed E-state index contributed by atoms with van der Waals surface area (Å²) >= 11 is 4.56. The summed E-state index contributed by atoms with van der Waals surface area (Å²) in [5.41, 5.74) is 6.29. The van der Waals surface area contributed by atoms with E-state index < -0.39 is 10.9 Å². The summed E-state index contributed by atoms with van der Waals surface area (Å²) in [7, 11) is 0. The maximum absolute atomic E-state index is 11.6. The van der Waals surface area contributed by atoms with Crippen molar-refractivity contribution in [2.24, 2.45) is 10.8 Å². The number of nitrogens with one attached hydrogen (secondary N) is 1. The molecule has 16 heavy (non-hydrogen) atoms. The summed E-state index contributed by atoms with van der Waals surface area (Å²) in [6, 6.07) is 6.64. The zero-order valence-electron chi connectivity index (χ0n) is 8.06. The molecule has 6 heteroatoms. The van der Waals surface area contributed by atoms with Crippen molar-refractivity contribution in [2.75, 3.05) is 0 Å². The fourth-order valence-corrected chi connectivity index (χ4v) is 1.51. The minimum Gasteiger partial charge on any atom is -0.375 e. The fourth-order valence-electron chi connectivity index (χ4n) is 1.46. The first-order valence-electron chi connectivity index (χ1n) is 4.43. The molecule has 0 radical (unpaired) electrons. The van der Waals surface area contributed by atoms with E-state index in [1.807, 2.05) is 0 Å². The highest BCUT2D eigenvalue weighted by atomic mass is 32.1. The lowest BCUT2D eigenvalue weighted by molar-refractivity contribution is 0.973. The van der Waals surface area contributed by atoms with Gasteiger partial charge < -0.3 is 5.73 Å². The number of nitrogens with zero attached hydrogens (tertiary/aromatic N) is 1. The molecule has 0 unspecified atom stereocenters. The lowest BCUT2D eigenvalue weighted by atomic mass is 10.2. The van der Waals surface area contributed by atoms with Crippen LogP contribution in [0.4, 0.5) is 0 Å². The van der Waals surface area contributed by atoms with Crippen molar-refractivity contribution in [2.45, 2.75) is 0 Å². The Morgan fingerprint density at radius 1 is 1.19 bits per heavy atom. The number of benzene rings is 1. The molecule has 80 valence electrons. The lowest BCUT2D eigenvalue weighted by Gasteiger charge is -1.91. The van der Waals surface area contributed by atoms with Gasteiger partial charge in [0.25, 0.3) is 5.43 Å². The molecule has 0 aliphatic rings. The van der Waals surface area contributed by atoms with Crippen LogP contribution in [0.25, 0.3) is 10.8 Å². The van der Waals surface area contributed by atoms with E-state index in [1.165, 1.54) is 0 Å². The van der Waals surface area contributed by atoms with Crippen LogP contribution < -0.4 is 27.4 Å². The number of hydrogen-bond donors (Lipinski definition) is 2. The molecule has 0 fully saturated rings. The number of thiocarbonyl (C=S) groups is 1. The lowest BCUT2D eigenvalue weighted by Crippen LogP contribution is -2.35. The molecule has 2 rings (SSSR count). The van der Waals surface area contributed by atoms with Gasteiger partial charge in [-0.2, -0.15) is 5.10 Å². The van der Waals surface area contributed by atoms with Gasteiger partial charge in [0.05, 0.1) is 0 Å². The highest BCUT2D eigenvalue weighted by Gasteiger charge is 2.09. The van der Waals surface area contributed by atoms with Gasteiger partial charge >= 0.3 is 0 Å². The predicted molar refractivity (Wildman–Crippen MR) is 64.3 cm³/mol. The van der Waals surface area contributed by atoms with Gasteiger partial charge in [0.2, 0.25) is 5.43 Å². The second-order valence-electron chi connectivity index (χ2n) is 3.14. The van der Waals surface area contributed by atoms with Crippen LogP contribution in [-0.4, -0.2) is 5.11 Å². The standard InChI is InChI=1S/C10H7N3O2S/c11-10(16)13-12-7-5-3-1-2-4-6(5)8(14)9(7)15/h1-4H,(H3,11,13,16). The van der Waals surface area contributed by atoms with Crippen molar-refractivity contribution in [3.05, 3.63) is 50.1 Å². The Kier molecular flexibility index (Phi) is 2.49. The van der Waals surface area contributed by atoms with Crippen molar-refractivity contribution in [1.29, 1.82) is 0 Å². The molecular weight excluding hydrogens is 226 g/mol. The molecule has 0 aliphatic heterocycles. The van der Waals surface area contributed by atoms with E-state index in [0.717, 1.165) is 0 Å². The maximum Gasteiger partial charge on any atom is 0.254 e.